The van der Waals surface area contributed by atoms with E-state index in [2.05, 4.69) is 14.9 Å². The van der Waals surface area contributed by atoms with Gasteiger partial charge in [-0.1, -0.05) is 41.9 Å². The molecule has 0 radical (unpaired) electrons. The number of nitrogens with one attached hydrogen (secondary N) is 1. The van der Waals surface area contributed by atoms with E-state index in [0.29, 0.717) is 12.2 Å². The summed E-state index contributed by atoms with van der Waals surface area (Å²) in [5, 5.41) is 8.32. The van der Waals surface area contributed by atoms with Gasteiger partial charge in [0.05, 0.1) is 18.3 Å². The summed E-state index contributed by atoms with van der Waals surface area (Å²) in [4.78, 5) is -0.00179. The van der Waals surface area contributed by atoms with Crippen molar-refractivity contribution in [3.8, 4) is 0 Å². The summed E-state index contributed by atoms with van der Waals surface area (Å²) in [6.07, 6.45) is 3.44. The van der Waals surface area contributed by atoms with Gasteiger partial charge in [-0.2, -0.15) is 10.2 Å². The number of halogens is 1. The second-order valence-corrected chi connectivity index (χ2v) is 7.65. The minimum Gasteiger partial charge on any atom is -0.271 e. The van der Waals surface area contributed by atoms with Crippen molar-refractivity contribution in [1.29, 1.82) is 0 Å². The lowest BCUT2D eigenvalue weighted by Crippen LogP contribution is -2.32. The van der Waals surface area contributed by atoms with E-state index in [-0.39, 0.29) is 10.0 Å². The summed E-state index contributed by atoms with van der Waals surface area (Å²) >= 11 is 6.13. The molecule has 2 aromatic heterocycles. The Bertz CT molecular complexity index is 952. The van der Waals surface area contributed by atoms with Gasteiger partial charge in [0.2, 0.25) is 10.0 Å². The van der Waals surface area contributed by atoms with Crippen LogP contribution >= 0.6 is 11.6 Å². The van der Waals surface area contributed by atoms with Gasteiger partial charge in [0.15, 0.2) is 0 Å². The summed E-state index contributed by atoms with van der Waals surface area (Å²) < 4.78 is 31.6. The van der Waals surface area contributed by atoms with Gasteiger partial charge in [-0.15, -0.1) is 0 Å². The van der Waals surface area contributed by atoms with Crippen molar-refractivity contribution in [2.45, 2.75) is 24.4 Å². The van der Waals surface area contributed by atoms with E-state index < -0.39 is 16.1 Å². The molecule has 1 N–H and O–H groups in total. The van der Waals surface area contributed by atoms with Gasteiger partial charge in [0, 0.05) is 19.4 Å². The molecule has 0 aliphatic heterocycles. The van der Waals surface area contributed by atoms with Crippen LogP contribution in [0.1, 0.15) is 17.3 Å². The number of aromatic nitrogens is 4. The molecule has 25 heavy (non-hydrogen) atoms. The van der Waals surface area contributed by atoms with Gasteiger partial charge in [0.1, 0.15) is 10.0 Å². The number of nitrogens with zero attached hydrogens (tertiary/aromatic N) is 4. The monoisotopic (exact) mass is 379 g/mol. The molecule has 0 amide bonds. The van der Waals surface area contributed by atoms with Gasteiger partial charge in [-0.25, -0.2) is 13.1 Å². The molecule has 1 atom stereocenters. The van der Waals surface area contributed by atoms with Crippen LogP contribution in [0.4, 0.5) is 0 Å². The maximum Gasteiger partial charge on any atom is 0.246 e. The highest BCUT2D eigenvalue weighted by atomic mass is 35.5. The molecular formula is C16H18ClN5O2S. The molecule has 0 bridgehead atoms. The van der Waals surface area contributed by atoms with Gasteiger partial charge < -0.3 is 0 Å². The highest BCUT2D eigenvalue weighted by Gasteiger charge is 2.28. The molecule has 3 rings (SSSR count). The summed E-state index contributed by atoms with van der Waals surface area (Å²) in [7, 11) is -2.25. The standard InChI is InChI=1S/C16H18ClN5O2S/c1-12-15(16(17)21(2)19-12)25(23,24)20-14(11-22-10-6-9-18-22)13-7-4-3-5-8-13/h3-10,14,20H,11H2,1-2H3. The third-order valence-electron chi connectivity index (χ3n) is 3.80. The molecule has 7 nitrogen and oxygen atoms in total. The molecule has 0 spiro atoms. The lowest BCUT2D eigenvalue weighted by Gasteiger charge is -2.19. The number of hydrogen-bond acceptors (Lipinski definition) is 4. The molecule has 9 heteroatoms. The normalized spacial score (nSPS) is 13.1. The average Bonchev–Trinajstić information content (AvgIpc) is 3.16. The smallest absolute Gasteiger partial charge is 0.246 e. The largest absolute Gasteiger partial charge is 0.271 e. The zero-order valence-corrected chi connectivity index (χ0v) is 15.4. The van der Waals surface area contributed by atoms with Gasteiger partial charge in [-0.05, 0) is 18.6 Å². The molecule has 0 saturated heterocycles. The Morgan fingerprint density at radius 1 is 1.24 bits per heavy atom. The van der Waals surface area contributed by atoms with Crippen molar-refractivity contribution in [1.82, 2.24) is 24.3 Å². The van der Waals surface area contributed by atoms with Gasteiger partial charge in [-0.3, -0.25) is 9.36 Å². The van der Waals surface area contributed by atoms with E-state index in [9.17, 15) is 8.42 Å². The quantitative estimate of drug-likeness (QED) is 0.712. The van der Waals surface area contributed by atoms with Crippen LogP contribution in [0.25, 0.3) is 0 Å². The van der Waals surface area contributed by atoms with E-state index in [4.69, 9.17) is 11.6 Å². The van der Waals surface area contributed by atoms with Crippen LogP contribution in [0.2, 0.25) is 5.15 Å². The van der Waals surface area contributed by atoms with Crippen molar-refractivity contribution >= 4 is 21.6 Å². The Morgan fingerprint density at radius 3 is 2.52 bits per heavy atom. The number of rotatable bonds is 6. The molecule has 3 aromatic rings. The highest BCUT2D eigenvalue weighted by molar-refractivity contribution is 7.89. The first-order chi connectivity index (χ1) is 11.9. The Balaban J connectivity index is 1.96. The molecule has 0 aliphatic carbocycles. The van der Waals surface area contributed by atoms with E-state index >= 15 is 0 Å². The fraction of sp³-hybridized carbons (Fsp3) is 0.250. The Kier molecular flexibility index (Phi) is 4.94. The Hall–Kier alpha value is -2.16. The first-order valence-corrected chi connectivity index (χ1v) is 9.48. The van der Waals surface area contributed by atoms with E-state index in [1.807, 2.05) is 30.3 Å². The minimum absolute atomic E-state index is 0.00179. The molecule has 1 aromatic carbocycles. The van der Waals surface area contributed by atoms with Crippen LogP contribution < -0.4 is 4.72 Å². The predicted molar refractivity (Wildman–Crippen MR) is 94.7 cm³/mol. The van der Waals surface area contributed by atoms with Crippen molar-refractivity contribution in [3.05, 3.63) is 65.2 Å². The van der Waals surface area contributed by atoms with E-state index in [1.54, 1.807) is 37.1 Å². The molecule has 132 valence electrons. The molecular weight excluding hydrogens is 362 g/mol. The number of sulfonamides is 1. The van der Waals surface area contributed by atoms with Crippen LogP contribution in [0.15, 0.2) is 53.7 Å². The van der Waals surface area contributed by atoms with Crippen molar-refractivity contribution < 1.29 is 8.42 Å². The van der Waals surface area contributed by atoms with Crippen LogP contribution in [-0.2, 0) is 23.6 Å². The first kappa shape index (κ1) is 17.7. The number of aryl methyl sites for hydroxylation is 2. The number of benzene rings is 1. The maximum atomic E-state index is 12.9. The zero-order chi connectivity index (χ0) is 18.0. The van der Waals surface area contributed by atoms with Crippen molar-refractivity contribution in [2.75, 3.05) is 0 Å². The fourth-order valence-electron chi connectivity index (χ4n) is 2.65. The SMILES string of the molecule is Cc1nn(C)c(Cl)c1S(=O)(=O)NC(Cn1cccn1)c1ccccc1. The van der Waals surface area contributed by atoms with Crippen LogP contribution in [0.3, 0.4) is 0 Å². The Morgan fingerprint density at radius 2 is 1.96 bits per heavy atom. The number of hydrogen-bond donors (Lipinski definition) is 1. The zero-order valence-electron chi connectivity index (χ0n) is 13.8. The molecule has 2 heterocycles. The average molecular weight is 380 g/mol. The van der Waals surface area contributed by atoms with Crippen molar-refractivity contribution in [2.24, 2.45) is 7.05 Å². The van der Waals surface area contributed by atoms with E-state index in [0.717, 1.165) is 5.56 Å². The first-order valence-electron chi connectivity index (χ1n) is 7.62. The van der Waals surface area contributed by atoms with Gasteiger partial charge >= 0.3 is 0 Å². The van der Waals surface area contributed by atoms with Gasteiger partial charge in [0.25, 0.3) is 0 Å². The topological polar surface area (TPSA) is 81.8 Å². The second kappa shape index (κ2) is 6.99. The third kappa shape index (κ3) is 3.76. The molecule has 0 saturated carbocycles. The summed E-state index contributed by atoms with van der Waals surface area (Å²) in [5.74, 6) is 0. The third-order valence-corrected chi connectivity index (χ3v) is 5.96. The Labute approximate surface area is 151 Å². The highest BCUT2D eigenvalue weighted by Crippen LogP contribution is 2.26. The summed E-state index contributed by atoms with van der Waals surface area (Å²) in [6.45, 7) is 1.97. The minimum atomic E-state index is -3.86. The van der Waals surface area contributed by atoms with Crippen LogP contribution in [-0.4, -0.2) is 28.0 Å². The van der Waals surface area contributed by atoms with Crippen LogP contribution in [0.5, 0.6) is 0 Å². The van der Waals surface area contributed by atoms with Crippen LogP contribution in [0, 0.1) is 6.92 Å². The summed E-state index contributed by atoms with van der Waals surface area (Å²) in [5.41, 5.74) is 1.19. The molecule has 1 unspecified atom stereocenters. The van der Waals surface area contributed by atoms with E-state index in [1.165, 1.54) is 4.68 Å². The maximum absolute atomic E-state index is 12.9. The fourth-order valence-corrected chi connectivity index (χ4v) is 4.62. The predicted octanol–water partition coefficient (Wildman–Crippen LogP) is 2.30. The lowest BCUT2D eigenvalue weighted by atomic mass is 10.1. The van der Waals surface area contributed by atoms with Crippen molar-refractivity contribution in [3.63, 3.8) is 0 Å². The molecule has 0 fully saturated rings. The second-order valence-electron chi connectivity index (χ2n) is 5.64. The molecule has 0 aliphatic rings. The summed E-state index contributed by atoms with van der Waals surface area (Å²) in [6, 6.07) is 10.6. The lowest BCUT2D eigenvalue weighted by molar-refractivity contribution is 0.483.